The standard InChI is InChI=1S/C22H24GeNS/c1-15-12-22-19(17-8-6-7-9-21(17)25-22)14-18(15)20-13-16(23(2,3)4)10-11-24(20)5/h6-14H,1-5H3/q+1. The summed E-state index contributed by atoms with van der Waals surface area (Å²) in [5, 5.41) is 2.75. The van der Waals surface area contributed by atoms with E-state index in [1.54, 1.807) is 4.40 Å². The molecule has 2 heterocycles. The summed E-state index contributed by atoms with van der Waals surface area (Å²) < 4.78 is 6.58. The number of aryl methyl sites for hydroxylation is 2. The summed E-state index contributed by atoms with van der Waals surface area (Å²) in [5.41, 5.74) is 4.04. The van der Waals surface area contributed by atoms with Crippen LogP contribution in [0.3, 0.4) is 0 Å². The fraction of sp³-hybridized carbons (Fsp3) is 0.227. The maximum atomic E-state index is 2.46. The van der Waals surface area contributed by atoms with Crippen molar-refractivity contribution in [2.45, 2.75) is 24.2 Å². The van der Waals surface area contributed by atoms with E-state index in [1.165, 1.54) is 37.0 Å². The van der Waals surface area contributed by atoms with Gasteiger partial charge >= 0.3 is 157 Å². The second-order valence-electron chi connectivity index (χ2n) is 7.92. The fourth-order valence-corrected chi connectivity index (χ4v) is 7.04. The molecule has 0 bridgehead atoms. The van der Waals surface area contributed by atoms with Crippen molar-refractivity contribution in [1.82, 2.24) is 0 Å². The van der Waals surface area contributed by atoms with Crippen LogP contribution in [0.2, 0.25) is 17.3 Å². The molecule has 1 nitrogen and oxygen atoms in total. The first-order valence-corrected chi connectivity index (χ1v) is 16.9. The molecule has 4 aromatic rings. The van der Waals surface area contributed by atoms with Crippen molar-refractivity contribution in [1.29, 1.82) is 0 Å². The van der Waals surface area contributed by atoms with Crippen LogP contribution in [0.4, 0.5) is 0 Å². The zero-order chi connectivity index (χ0) is 17.8. The summed E-state index contributed by atoms with van der Waals surface area (Å²) in [6.45, 7) is 2.24. The molecular formula is C22H24GeNS+. The average molecular weight is 407 g/mol. The molecule has 0 radical (unpaired) electrons. The van der Waals surface area contributed by atoms with Gasteiger partial charge in [-0.3, -0.25) is 0 Å². The second kappa shape index (κ2) is 5.96. The summed E-state index contributed by atoms with van der Waals surface area (Å²) in [4.78, 5) is 0. The predicted octanol–water partition coefficient (Wildman–Crippen LogP) is 5.40. The molecule has 0 N–H and O–H groups in total. The van der Waals surface area contributed by atoms with E-state index in [2.05, 4.69) is 90.5 Å². The van der Waals surface area contributed by atoms with Gasteiger partial charge in [0.2, 0.25) is 0 Å². The zero-order valence-electron chi connectivity index (χ0n) is 15.6. The molecule has 0 unspecified atom stereocenters. The van der Waals surface area contributed by atoms with E-state index in [9.17, 15) is 0 Å². The van der Waals surface area contributed by atoms with Gasteiger partial charge in [0.1, 0.15) is 0 Å². The molecule has 3 heteroatoms. The second-order valence-corrected chi connectivity index (χ2v) is 19.7. The first-order chi connectivity index (χ1) is 11.8. The zero-order valence-corrected chi connectivity index (χ0v) is 18.5. The number of aromatic nitrogens is 1. The van der Waals surface area contributed by atoms with E-state index in [0.29, 0.717) is 0 Å². The van der Waals surface area contributed by atoms with Crippen LogP contribution >= 0.6 is 11.3 Å². The van der Waals surface area contributed by atoms with Crippen LogP contribution in [-0.4, -0.2) is 13.3 Å². The topological polar surface area (TPSA) is 3.88 Å². The Labute approximate surface area is 156 Å². The minimum atomic E-state index is -1.85. The van der Waals surface area contributed by atoms with Gasteiger partial charge in [-0.1, -0.05) is 0 Å². The fourth-order valence-electron chi connectivity index (χ4n) is 3.45. The third-order valence-electron chi connectivity index (χ3n) is 5.02. The summed E-state index contributed by atoms with van der Waals surface area (Å²) in [6, 6.07) is 18.3. The van der Waals surface area contributed by atoms with Gasteiger partial charge in [0.15, 0.2) is 0 Å². The molecule has 0 aliphatic rings. The van der Waals surface area contributed by atoms with Crippen molar-refractivity contribution in [3.05, 3.63) is 60.3 Å². The number of rotatable bonds is 2. The molecule has 0 saturated carbocycles. The van der Waals surface area contributed by atoms with Crippen LogP contribution in [0.1, 0.15) is 5.56 Å². The van der Waals surface area contributed by atoms with Crippen molar-refractivity contribution in [2.24, 2.45) is 7.05 Å². The number of fused-ring (bicyclic) bond motifs is 3. The molecule has 2 aromatic heterocycles. The van der Waals surface area contributed by atoms with Crippen molar-refractivity contribution < 1.29 is 4.57 Å². The van der Waals surface area contributed by atoms with Crippen LogP contribution in [0.5, 0.6) is 0 Å². The summed E-state index contributed by atoms with van der Waals surface area (Å²) in [5.74, 6) is 7.38. The molecule has 0 atom stereocenters. The first-order valence-electron chi connectivity index (χ1n) is 8.77. The van der Waals surface area contributed by atoms with E-state index in [0.717, 1.165) is 0 Å². The number of benzene rings is 2. The Balaban J connectivity index is 2.01. The van der Waals surface area contributed by atoms with Gasteiger partial charge in [-0.05, 0) is 0 Å². The maximum absolute atomic E-state index is 2.46. The van der Waals surface area contributed by atoms with Crippen molar-refractivity contribution >= 4 is 49.2 Å². The number of thiophene rings is 1. The van der Waals surface area contributed by atoms with Crippen molar-refractivity contribution in [3.63, 3.8) is 0 Å². The molecule has 0 saturated heterocycles. The number of nitrogens with zero attached hydrogens (tertiary/aromatic N) is 1. The SMILES string of the molecule is Cc1cc2sc3ccccc3c2cc1-c1c[c]([Ge]([CH3])([CH3])[CH3])cc[n+]1C. The quantitative estimate of drug-likeness (QED) is 0.310. The number of pyridine rings is 1. The number of hydrogen-bond donors (Lipinski definition) is 0. The Morgan fingerprint density at radius 2 is 1.64 bits per heavy atom. The van der Waals surface area contributed by atoms with Crippen LogP contribution in [-0.2, 0) is 7.05 Å². The van der Waals surface area contributed by atoms with E-state index >= 15 is 0 Å². The Hall–Kier alpha value is -1.65. The van der Waals surface area contributed by atoms with Gasteiger partial charge < -0.3 is 0 Å². The third-order valence-corrected chi connectivity index (χ3v) is 10.4. The molecule has 2 aromatic carbocycles. The van der Waals surface area contributed by atoms with Crippen LogP contribution in [0, 0.1) is 6.92 Å². The van der Waals surface area contributed by atoms with Gasteiger partial charge in [-0.2, -0.15) is 0 Å². The van der Waals surface area contributed by atoms with Crippen LogP contribution < -0.4 is 8.96 Å². The van der Waals surface area contributed by atoms with Crippen LogP contribution in [0.15, 0.2) is 54.7 Å². The molecule has 0 amide bonds. The van der Waals surface area contributed by atoms with Crippen molar-refractivity contribution in [2.75, 3.05) is 0 Å². The van der Waals surface area contributed by atoms with E-state index < -0.39 is 13.3 Å². The van der Waals surface area contributed by atoms with Crippen molar-refractivity contribution in [3.8, 4) is 11.3 Å². The van der Waals surface area contributed by atoms with Crippen LogP contribution in [0.25, 0.3) is 31.4 Å². The normalized spacial score (nSPS) is 12.2. The van der Waals surface area contributed by atoms with E-state index in [1.807, 2.05) is 11.3 Å². The molecule has 0 fully saturated rings. The molecule has 0 aliphatic heterocycles. The Morgan fingerprint density at radius 3 is 2.40 bits per heavy atom. The van der Waals surface area contributed by atoms with E-state index in [4.69, 9.17) is 0 Å². The average Bonchev–Trinajstić information content (AvgIpc) is 2.91. The first kappa shape index (κ1) is 16.8. The van der Waals surface area contributed by atoms with Gasteiger partial charge in [0, 0.05) is 0 Å². The van der Waals surface area contributed by atoms with Gasteiger partial charge in [-0.15, -0.1) is 0 Å². The summed E-state index contributed by atoms with van der Waals surface area (Å²) >= 11 is 0.0414. The number of hydrogen-bond acceptors (Lipinski definition) is 1. The molecule has 0 spiro atoms. The monoisotopic (exact) mass is 408 g/mol. The van der Waals surface area contributed by atoms with Gasteiger partial charge in [0.25, 0.3) is 0 Å². The molecule has 25 heavy (non-hydrogen) atoms. The predicted molar refractivity (Wildman–Crippen MR) is 114 cm³/mol. The minimum absolute atomic E-state index is 1.33. The summed E-state index contributed by atoms with van der Waals surface area (Å²) in [7, 11) is 2.16. The molecular weight excluding hydrogens is 383 g/mol. The Morgan fingerprint density at radius 1 is 0.880 bits per heavy atom. The third kappa shape index (κ3) is 2.92. The van der Waals surface area contributed by atoms with Gasteiger partial charge in [-0.25, -0.2) is 0 Å². The molecule has 4 rings (SSSR count). The van der Waals surface area contributed by atoms with Gasteiger partial charge in [0.05, 0.1) is 0 Å². The molecule has 126 valence electrons. The Bertz CT molecular complexity index is 1100. The van der Waals surface area contributed by atoms with E-state index in [-0.39, 0.29) is 0 Å². The Kier molecular flexibility index (Phi) is 4.01. The summed E-state index contributed by atoms with van der Waals surface area (Å²) in [6.07, 6.45) is 2.23. The molecule has 0 aliphatic carbocycles.